The Bertz CT molecular complexity index is 815. The van der Waals surface area contributed by atoms with E-state index in [0.717, 1.165) is 63.2 Å². The van der Waals surface area contributed by atoms with Gasteiger partial charge in [0.25, 0.3) is 0 Å². The predicted octanol–water partition coefficient (Wildman–Crippen LogP) is 1.58. The molecule has 2 saturated heterocycles. The van der Waals surface area contributed by atoms with Crippen molar-refractivity contribution in [1.29, 1.82) is 0 Å². The van der Waals surface area contributed by atoms with Crippen LogP contribution < -0.4 is 5.73 Å². The summed E-state index contributed by atoms with van der Waals surface area (Å²) in [5.41, 5.74) is 9.83. The molecule has 28 heavy (non-hydrogen) atoms. The molecular formula is C22H33N5O. The Kier molecular flexibility index (Phi) is 5.71. The molecule has 4 rings (SSSR count). The lowest BCUT2D eigenvalue weighted by Crippen LogP contribution is -2.54. The van der Waals surface area contributed by atoms with Crippen LogP contribution in [0.2, 0.25) is 0 Å². The zero-order valence-electron chi connectivity index (χ0n) is 17.2. The lowest BCUT2D eigenvalue weighted by Gasteiger charge is -2.42. The van der Waals surface area contributed by atoms with Gasteiger partial charge in [-0.05, 0) is 61.9 Å². The first-order chi connectivity index (χ1) is 13.5. The molecule has 2 aliphatic rings. The number of carbonyl (C=O) groups excluding carboxylic acids is 1. The number of likely N-dealkylation sites (tertiary alicyclic amines) is 1. The van der Waals surface area contributed by atoms with Gasteiger partial charge in [0.2, 0.25) is 5.91 Å². The van der Waals surface area contributed by atoms with Crippen LogP contribution in [0.4, 0.5) is 0 Å². The van der Waals surface area contributed by atoms with Crippen molar-refractivity contribution >= 4 is 16.8 Å². The van der Waals surface area contributed by atoms with Gasteiger partial charge in [-0.1, -0.05) is 6.07 Å². The maximum absolute atomic E-state index is 12.9. The van der Waals surface area contributed by atoms with Gasteiger partial charge >= 0.3 is 0 Å². The molecular weight excluding hydrogens is 350 g/mol. The molecule has 0 aliphatic carbocycles. The van der Waals surface area contributed by atoms with Crippen LogP contribution >= 0.6 is 0 Å². The number of piperazine rings is 1. The molecule has 0 radical (unpaired) electrons. The van der Waals surface area contributed by atoms with Crippen molar-refractivity contribution in [3.63, 3.8) is 0 Å². The van der Waals surface area contributed by atoms with E-state index in [-0.39, 0.29) is 5.91 Å². The number of nitrogens with zero attached hydrogens (tertiary/aromatic N) is 3. The number of aryl methyl sites for hydroxylation is 1. The molecule has 1 aromatic heterocycles. The van der Waals surface area contributed by atoms with Gasteiger partial charge in [-0.25, -0.2) is 0 Å². The number of nitrogens with one attached hydrogen (secondary N) is 1. The maximum atomic E-state index is 12.9. The molecule has 3 N–H and O–H groups in total. The molecule has 2 fully saturated rings. The molecule has 152 valence electrons. The molecule has 1 aromatic carbocycles. The van der Waals surface area contributed by atoms with Crippen molar-refractivity contribution < 1.29 is 4.79 Å². The standard InChI is InChI=1S/C22H33N5O/c1-16-13-17(14-18-3-6-24-21(16)18)15-20(23)22(28)27-7-4-19(5-8-27)26-11-9-25(2)10-12-26/h3,6,13-14,19-20,24H,4-5,7-12,15,23H2,1-2H3. The number of fused-ring (bicyclic) bond motifs is 1. The quantitative estimate of drug-likeness (QED) is 0.841. The molecule has 1 atom stereocenters. The Morgan fingerprint density at radius 2 is 1.89 bits per heavy atom. The summed E-state index contributed by atoms with van der Waals surface area (Å²) in [4.78, 5) is 23.1. The number of hydrogen-bond donors (Lipinski definition) is 2. The molecule has 3 heterocycles. The molecule has 6 heteroatoms. The second-order valence-corrected chi connectivity index (χ2v) is 8.56. The van der Waals surface area contributed by atoms with Crippen LogP contribution in [-0.4, -0.2) is 84.0 Å². The Labute approximate surface area is 167 Å². The number of benzene rings is 1. The summed E-state index contributed by atoms with van der Waals surface area (Å²) in [7, 11) is 2.19. The summed E-state index contributed by atoms with van der Waals surface area (Å²) in [5.74, 6) is 0.101. The van der Waals surface area contributed by atoms with E-state index >= 15 is 0 Å². The molecule has 6 nitrogen and oxygen atoms in total. The topological polar surface area (TPSA) is 68.6 Å². The van der Waals surface area contributed by atoms with Crippen molar-refractivity contribution in [3.8, 4) is 0 Å². The lowest BCUT2D eigenvalue weighted by molar-refractivity contribution is -0.134. The Morgan fingerprint density at radius 1 is 1.18 bits per heavy atom. The minimum absolute atomic E-state index is 0.101. The number of amides is 1. The zero-order valence-corrected chi connectivity index (χ0v) is 17.2. The average Bonchev–Trinajstić information content (AvgIpc) is 3.17. The van der Waals surface area contributed by atoms with Crippen molar-refractivity contribution in [2.45, 2.75) is 38.3 Å². The highest BCUT2D eigenvalue weighted by Crippen LogP contribution is 2.22. The second kappa shape index (κ2) is 8.23. The number of aromatic nitrogens is 1. The number of H-pyrrole nitrogens is 1. The van der Waals surface area contributed by atoms with E-state index < -0.39 is 6.04 Å². The van der Waals surface area contributed by atoms with E-state index in [1.165, 1.54) is 10.9 Å². The molecule has 0 spiro atoms. The first kappa shape index (κ1) is 19.4. The van der Waals surface area contributed by atoms with Gasteiger partial charge in [0.05, 0.1) is 6.04 Å². The molecule has 2 aliphatic heterocycles. The van der Waals surface area contributed by atoms with Crippen LogP contribution in [-0.2, 0) is 11.2 Å². The fourth-order valence-corrected chi connectivity index (χ4v) is 4.77. The zero-order chi connectivity index (χ0) is 19.7. The molecule has 1 amide bonds. The van der Waals surface area contributed by atoms with Gasteiger partial charge in [-0.2, -0.15) is 0 Å². The minimum Gasteiger partial charge on any atom is -0.361 e. The van der Waals surface area contributed by atoms with Crippen molar-refractivity contribution in [3.05, 3.63) is 35.5 Å². The highest BCUT2D eigenvalue weighted by atomic mass is 16.2. The fraction of sp³-hybridized carbons (Fsp3) is 0.591. The van der Waals surface area contributed by atoms with E-state index in [4.69, 9.17) is 5.73 Å². The number of carbonyl (C=O) groups is 1. The lowest BCUT2D eigenvalue weighted by atomic mass is 9.98. The highest BCUT2D eigenvalue weighted by molar-refractivity contribution is 5.84. The Balaban J connectivity index is 1.31. The summed E-state index contributed by atoms with van der Waals surface area (Å²) in [6, 6.07) is 6.52. The van der Waals surface area contributed by atoms with Gasteiger partial charge in [0.1, 0.15) is 0 Å². The number of piperidine rings is 1. The largest absolute Gasteiger partial charge is 0.361 e. The Morgan fingerprint density at radius 3 is 2.61 bits per heavy atom. The van der Waals surface area contributed by atoms with Crippen LogP contribution in [0, 0.1) is 6.92 Å². The monoisotopic (exact) mass is 383 g/mol. The predicted molar refractivity (Wildman–Crippen MR) is 113 cm³/mol. The number of hydrogen-bond acceptors (Lipinski definition) is 4. The van der Waals surface area contributed by atoms with Crippen LogP contribution in [0.3, 0.4) is 0 Å². The van der Waals surface area contributed by atoms with E-state index in [2.05, 4.69) is 47.0 Å². The second-order valence-electron chi connectivity index (χ2n) is 8.56. The molecule has 0 saturated carbocycles. The summed E-state index contributed by atoms with van der Waals surface area (Å²) in [6.07, 6.45) is 4.68. The van der Waals surface area contributed by atoms with Crippen LogP contribution in [0.25, 0.3) is 10.9 Å². The SMILES string of the molecule is Cc1cc(CC(N)C(=O)N2CCC(N3CCN(C)CC3)CC2)cc2cc[nH]c12. The smallest absolute Gasteiger partial charge is 0.239 e. The van der Waals surface area contributed by atoms with Crippen molar-refractivity contribution in [2.75, 3.05) is 46.3 Å². The number of rotatable bonds is 4. The molecule has 2 aromatic rings. The maximum Gasteiger partial charge on any atom is 0.239 e. The average molecular weight is 384 g/mol. The van der Waals surface area contributed by atoms with Crippen molar-refractivity contribution in [1.82, 2.24) is 19.7 Å². The van der Waals surface area contributed by atoms with E-state index in [9.17, 15) is 4.79 Å². The fourth-order valence-electron chi connectivity index (χ4n) is 4.77. The third kappa shape index (κ3) is 4.09. The summed E-state index contributed by atoms with van der Waals surface area (Å²) in [6.45, 7) is 8.35. The highest BCUT2D eigenvalue weighted by Gasteiger charge is 2.30. The van der Waals surface area contributed by atoms with E-state index in [1.54, 1.807) is 0 Å². The third-order valence-corrected chi connectivity index (χ3v) is 6.52. The number of likely N-dealkylation sites (N-methyl/N-ethyl adjacent to an activating group) is 1. The van der Waals surface area contributed by atoms with Crippen LogP contribution in [0.1, 0.15) is 24.0 Å². The summed E-state index contributed by atoms with van der Waals surface area (Å²) < 4.78 is 0. The normalized spacial score (nSPS) is 21.3. The van der Waals surface area contributed by atoms with Crippen LogP contribution in [0.5, 0.6) is 0 Å². The van der Waals surface area contributed by atoms with Crippen molar-refractivity contribution in [2.24, 2.45) is 5.73 Å². The number of aromatic amines is 1. The first-order valence-corrected chi connectivity index (χ1v) is 10.5. The molecule has 1 unspecified atom stereocenters. The Hall–Kier alpha value is -1.89. The van der Waals surface area contributed by atoms with Gasteiger partial charge in [-0.15, -0.1) is 0 Å². The number of nitrogens with two attached hydrogens (primary N) is 1. The van der Waals surface area contributed by atoms with Gasteiger partial charge in [-0.3, -0.25) is 9.69 Å². The first-order valence-electron chi connectivity index (χ1n) is 10.5. The summed E-state index contributed by atoms with van der Waals surface area (Å²) >= 11 is 0. The summed E-state index contributed by atoms with van der Waals surface area (Å²) in [5, 5.41) is 1.18. The van der Waals surface area contributed by atoms with Crippen LogP contribution in [0.15, 0.2) is 24.4 Å². The van der Waals surface area contributed by atoms with E-state index in [1.807, 2.05) is 11.1 Å². The van der Waals surface area contributed by atoms with Gasteiger partial charge in [0, 0.05) is 57.0 Å². The van der Waals surface area contributed by atoms with E-state index in [0.29, 0.717) is 12.5 Å². The third-order valence-electron chi connectivity index (χ3n) is 6.52. The van der Waals surface area contributed by atoms with Gasteiger partial charge in [0.15, 0.2) is 0 Å². The minimum atomic E-state index is -0.462. The molecule has 0 bridgehead atoms. The van der Waals surface area contributed by atoms with Gasteiger partial charge < -0.3 is 20.5 Å².